The highest BCUT2D eigenvalue weighted by molar-refractivity contribution is 6.76. The largest absolute Gasteiger partial charge is 0.361 e. The van der Waals surface area contributed by atoms with Gasteiger partial charge in [0.25, 0.3) is 0 Å². The molecule has 0 saturated heterocycles. The molecule has 0 aliphatic carbocycles. The molecule has 0 aromatic heterocycles. The third-order valence-electron chi connectivity index (χ3n) is 2.42. The molecule has 104 valence electrons. The van der Waals surface area contributed by atoms with Crippen LogP contribution in [0.1, 0.15) is 13.3 Å². The van der Waals surface area contributed by atoms with Gasteiger partial charge in [-0.15, -0.1) is 0 Å². The van der Waals surface area contributed by atoms with Crippen LogP contribution < -0.4 is 0 Å². The average Bonchev–Trinajstić information content (AvgIpc) is 2.31. The van der Waals surface area contributed by atoms with E-state index in [0.29, 0.717) is 6.73 Å². The normalized spacial score (nSPS) is 13.1. The predicted molar refractivity (Wildman–Crippen MR) is 83.2 cm³/mol. The standard InChI is InChI=1S/C13H27N3OSi/c1-7-13(15-11-14-3)16(8-2)12-17-9-10-18(4,5)6/h8,11H,2,7,9-10,12H2,1,3-6H3/b14-11-,15-13+. The molecule has 0 bridgehead atoms. The fraction of sp³-hybridized carbons (Fsp3) is 0.692. The summed E-state index contributed by atoms with van der Waals surface area (Å²) >= 11 is 0. The number of rotatable bonds is 8. The zero-order valence-corrected chi connectivity index (χ0v) is 13.4. The van der Waals surface area contributed by atoms with Gasteiger partial charge in [-0.05, 0) is 6.04 Å². The van der Waals surface area contributed by atoms with Crippen LogP contribution in [0.5, 0.6) is 0 Å². The van der Waals surface area contributed by atoms with Crippen molar-refractivity contribution in [2.24, 2.45) is 9.98 Å². The Morgan fingerprint density at radius 2 is 2.06 bits per heavy atom. The van der Waals surface area contributed by atoms with Crippen molar-refractivity contribution in [1.29, 1.82) is 0 Å². The van der Waals surface area contributed by atoms with E-state index in [2.05, 4.69) is 43.1 Å². The molecule has 0 aromatic rings. The molecule has 0 fully saturated rings. The first-order valence-corrected chi connectivity index (χ1v) is 10.1. The van der Waals surface area contributed by atoms with E-state index >= 15 is 0 Å². The Bertz CT molecular complexity index is 295. The summed E-state index contributed by atoms with van der Waals surface area (Å²) in [5.41, 5.74) is 0. The number of amidine groups is 1. The fourth-order valence-corrected chi connectivity index (χ4v) is 2.02. The van der Waals surface area contributed by atoms with E-state index in [9.17, 15) is 0 Å². The van der Waals surface area contributed by atoms with Gasteiger partial charge >= 0.3 is 0 Å². The van der Waals surface area contributed by atoms with Crippen LogP contribution in [0.2, 0.25) is 25.7 Å². The lowest BCUT2D eigenvalue weighted by Gasteiger charge is -2.22. The van der Waals surface area contributed by atoms with E-state index in [4.69, 9.17) is 4.74 Å². The van der Waals surface area contributed by atoms with Crippen molar-refractivity contribution >= 4 is 20.2 Å². The van der Waals surface area contributed by atoms with Crippen LogP contribution in [0.4, 0.5) is 0 Å². The van der Waals surface area contributed by atoms with Crippen LogP contribution in [-0.2, 0) is 4.74 Å². The van der Waals surface area contributed by atoms with Crippen LogP contribution in [0.25, 0.3) is 0 Å². The van der Waals surface area contributed by atoms with Gasteiger partial charge in [0.2, 0.25) is 0 Å². The van der Waals surface area contributed by atoms with Crippen molar-refractivity contribution in [1.82, 2.24) is 4.90 Å². The smallest absolute Gasteiger partial charge is 0.123 e. The zero-order valence-electron chi connectivity index (χ0n) is 12.4. The van der Waals surface area contributed by atoms with Gasteiger partial charge in [0.15, 0.2) is 0 Å². The monoisotopic (exact) mass is 269 g/mol. The third kappa shape index (κ3) is 8.19. The SMILES string of the molecule is C=CN(COCC[Si](C)(C)C)/C(CC)=N/C=N\C. The minimum Gasteiger partial charge on any atom is -0.361 e. The molecule has 0 aliphatic rings. The van der Waals surface area contributed by atoms with Crippen molar-refractivity contribution in [3.8, 4) is 0 Å². The molecule has 0 heterocycles. The lowest BCUT2D eigenvalue weighted by Crippen LogP contribution is -2.29. The van der Waals surface area contributed by atoms with Crippen molar-refractivity contribution in [2.75, 3.05) is 20.4 Å². The van der Waals surface area contributed by atoms with Gasteiger partial charge in [0.05, 0.1) is 0 Å². The molecule has 0 aliphatic heterocycles. The van der Waals surface area contributed by atoms with Crippen molar-refractivity contribution in [2.45, 2.75) is 39.0 Å². The Balaban J connectivity index is 4.21. The number of nitrogens with zero attached hydrogens (tertiary/aromatic N) is 3. The minimum atomic E-state index is -1.02. The second kappa shape index (κ2) is 9.05. The molecule has 4 nitrogen and oxygen atoms in total. The topological polar surface area (TPSA) is 37.2 Å². The highest BCUT2D eigenvalue weighted by atomic mass is 28.3. The van der Waals surface area contributed by atoms with Crippen LogP contribution in [0.3, 0.4) is 0 Å². The van der Waals surface area contributed by atoms with Crippen LogP contribution in [0, 0.1) is 0 Å². The molecule has 5 heteroatoms. The molecule has 0 saturated carbocycles. The Labute approximate surface area is 112 Å². The van der Waals surface area contributed by atoms with Crippen LogP contribution in [0.15, 0.2) is 22.8 Å². The summed E-state index contributed by atoms with van der Waals surface area (Å²) in [6, 6.07) is 1.17. The van der Waals surface area contributed by atoms with Gasteiger partial charge in [0, 0.05) is 34.3 Å². The third-order valence-corrected chi connectivity index (χ3v) is 4.12. The molecular formula is C13H27N3OSi. The molecule has 0 atom stereocenters. The van der Waals surface area contributed by atoms with Crippen molar-refractivity contribution in [3.63, 3.8) is 0 Å². The Kier molecular flexibility index (Phi) is 8.57. The summed E-state index contributed by atoms with van der Waals surface area (Å²) in [5.74, 6) is 0.920. The highest BCUT2D eigenvalue weighted by Gasteiger charge is 2.12. The number of hydrogen-bond donors (Lipinski definition) is 0. The first-order chi connectivity index (χ1) is 8.44. The second-order valence-corrected chi connectivity index (χ2v) is 10.9. The summed E-state index contributed by atoms with van der Waals surface area (Å²) in [6.45, 7) is 14.2. The summed E-state index contributed by atoms with van der Waals surface area (Å²) in [7, 11) is 0.691. The number of ether oxygens (including phenoxy) is 1. The zero-order chi connectivity index (χ0) is 14.0. The lowest BCUT2D eigenvalue weighted by atomic mass is 10.4. The van der Waals surface area contributed by atoms with Crippen LogP contribution in [-0.4, -0.2) is 45.5 Å². The summed E-state index contributed by atoms with van der Waals surface area (Å²) in [4.78, 5) is 10.1. The highest BCUT2D eigenvalue weighted by Crippen LogP contribution is 2.08. The summed E-state index contributed by atoms with van der Waals surface area (Å²) < 4.78 is 5.69. The fourth-order valence-electron chi connectivity index (χ4n) is 1.27. The minimum absolute atomic E-state index is 0.512. The molecule has 18 heavy (non-hydrogen) atoms. The maximum absolute atomic E-state index is 5.69. The van der Waals surface area contributed by atoms with Gasteiger partial charge < -0.3 is 9.64 Å². The van der Waals surface area contributed by atoms with Crippen molar-refractivity contribution in [3.05, 3.63) is 12.8 Å². The molecule has 0 amide bonds. The average molecular weight is 269 g/mol. The maximum atomic E-state index is 5.69. The molecule has 0 radical (unpaired) electrons. The molecule has 0 aromatic carbocycles. The molecular weight excluding hydrogens is 242 g/mol. The number of aliphatic imine (C=N–C) groups is 2. The van der Waals surface area contributed by atoms with Crippen LogP contribution >= 0.6 is 0 Å². The molecule has 0 spiro atoms. The quantitative estimate of drug-likeness (QED) is 0.223. The van der Waals surface area contributed by atoms with Gasteiger partial charge in [-0.3, -0.25) is 4.99 Å². The van der Waals surface area contributed by atoms with E-state index in [1.54, 1.807) is 19.6 Å². The molecule has 0 unspecified atom stereocenters. The first-order valence-electron chi connectivity index (χ1n) is 6.39. The summed E-state index contributed by atoms with van der Waals surface area (Å²) in [5, 5.41) is 0. The Morgan fingerprint density at radius 1 is 1.39 bits per heavy atom. The second-order valence-electron chi connectivity index (χ2n) is 5.27. The molecule has 0 rings (SSSR count). The predicted octanol–water partition coefficient (Wildman–Crippen LogP) is 3.21. The van der Waals surface area contributed by atoms with Gasteiger partial charge in [-0.2, -0.15) is 0 Å². The first kappa shape index (κ1) is 17.1. The van der Waals surface area contributed by atoms with Crippen molar-refractivity contribution < 1.29 is 4.74 Å². The number of hydrogen-bond acceptors (Lipinski definition) is 2. The van der Waals surface area contributed by atoms with E-state index in [1.807, 2.05) is 4.90 Å². The maximum Gasteiger partial charge on any atom is 0.123 e. The van der Waals surface area contributed by atoms with E-state index in [0.717, 1.165) is 18.9 Å². The van der Waals surface area contributed by atoms with Gasteiger partial charge in [-0.25, -0.2) is 4.99 Å². The Hall–Kier alpha value is -0.943. The van der Waals surface area contributed by atoms with Gasteiger partial charge in [-0.1, -0.05) is 33.1 Å². The lowest BCUT2D eigenvalue weighted by molar-refractivity contribution is 0.0928. The van der Waals surface area contributed by atoms with E-state index in [-0.39, 0.29) is 0 Å². The van der Waals surface area contributed by atoms with Gasteiger partial charge in [0.1, 0.15) is 18.9 Å². The van der Waals surface area contributed by atoms with E-state index < -0.39 is 8.07 Å². The summed E-state index contributed by atoms with van der Waals surface area (Å²) in [6.07, 6.45) is 4.13. The van der Waals surface area contributed by atoms with E-state index in [1.165, 1.54) is 6.04 Å². The molecule has 0 N–H and O–H groups in total. The Morgan fingerprint density at radius 3 is 2.50 bits per heavy atom.